The molecule has 1 saturated heterocycles. The second kappa shape index (κ2) is 6.91. The first-order valence-corrected chi connectivity index (χ1v) is 9.41. The van der Waals surface area contributed by atoms with Crippen molar-refractivity contribution in [3.05, 3.63) is 48.2 Å². The number of aromatic amines is 1. The average Bonchev–Trinajstić information content (AvgIpc) is 3.44. The van der Waals surface area contributed by atoms with E-state index in [4.69, 9.17) is 9.97 Å². The molecule has 0 atom stereocenters. The van der Waals surface area contributed by atoms with Crippen LogP contribution >= 0.6 is 0 Å². The van der Waals surface area contributed by atoms with Crippen molar-refractivity contribution in [3.63, 3.8) is 0 Å². The molecule has 2 N–H and O–H groups in total. The second-order valence-corrected chi connectivity index (χ2v) is 7.01. The molecule has 28 heavy (non-hydrogen) atoms. The Balaban J connectivity index is 1.46. The van der Waals surface area contributed by atoms with Gasteiger partial charge in [-0.15, -0.1) is 0 Å². The first-order valence-electron chi connectivity index (χ1n) is 9.41. The van der Waals surface area contributed by atoms with Crippen LogP contribution in [0.3, 0.4) is 0 Å². The summed E-state index contributed by atoms with van der Waals surface area (Å²) in [6.45, 7) is 2.16. The minimum Gasteiger partial charge on any atom is -0.357 e. The molecule has 4 aromatic rings. The third-order valence-electron chi connectivity index (χ3n) is 4.92. The van der Waals surface area contributed by atoms with Gasteiger partial charge in [0.25, 0.3) is 0 Å². The Labute approximate surface area is 161 Å². The largest absolute Gasteiger partial charge is 0.357 e. The fourth-order valence-electron chi connectivity index (χ4n) is 3.56. The highest BCUT2D eigenvalue weighted by Gasteiger charge is 2.15. The van der Waals surface area contributed by atoms with Crippen molar-refractivity contribution < 1.29 is 0 Å². The van der Waals surface area contributed by atoms with Crippen molar-refractivity contribution in [2.24, 2.45) is 7.05 Å². The Kier molecular flexibility index (Phi) is 4.12. The van der Waals surface area contributed by atoms with Crippen LogP contribution in [0.2, 0.25) is 0 Å². The zero-order valence-corrected chi connectivity index (χ0v) is 15.6. The normalized spacial score (nSPS) is 14.1. The van der Waals surface area contributed by atoms with E-state index in [0.29, 0.717) is 18.0 Å². The van der Waals surface area contributed by atoms with Gasteiger partial charge >= 0.3 is 0 Å². The van der Waals surface area contributed by atoms with Crippen molar-refractivity contribution in [2.45, 2.75) is 19.3 Å². The van der Waals surface area contributed by atoms with E-state index in [-0.39, 0.29) is 0 Å². The molecule has 0 saturated carbocycles. The number of fused-ring (bicyclic) bond motifs is 1. The minimum absolute atomic E-state index is 0.510. The fraction of sp³-hybridized carbons (Fsp3) is 0.316. The van der Waals surface area contributed by atoms with Crippen LogP contribution in [-0.4, -0.2) is 48.0 Å². The molecule has 1 aliphatic heterocycles. The van der Waals surface area contributed by atoms with Crippen molar-refractivity contribution >= 4 is 28.5 Å². The molecule has 9 nitrogen and oxygen atoms in total. The maximum Gasteiger partial charge on any atom is 0.229 e. The standard InChI is InChI=1S/C19H21N9/c1-27-12-14(10-21-27)23-19-24-16(15-11-20-26-18(15)25-19)9-13-5-4-6-17(22-13)28-7-2-3-8-28/h4-6,10-12H,2-3,7-9H2,1H3,(H2,20,23,24,25,26). The SMILES string of the molecule is Cn1cc(Nc2nc(Cc3cccc(N4CCCC4)n3)c3cn[nH]c3n2)cn1. The van der Waals surface area contributed by atoms with Gasteiger partial charge in [0.15, 0.2) is 5.65 Å². The summed E-state index contributed by atoms with van der Waals surface area (Å²) in [5, 5.41) is 15.4. The molecule has 0 radical (unpaired) electrons. The van der Waals surface area contributed by atoms with E-state index in [0.717, 1.165) is 41.4 Å². The number of anilines is 3. The zero-order valence-electron chi connectivity index (χ0n) is 15.6. The number of hydrogen-bond acceptors (Lipinski definition) is 7. The third kappa shape index (κ3) is 3.26. The van der Waals surface area contributed by atoms with Crippen molar-refractivity contribution in [3.8, 4) is 0 Å². The molecule has 0 aliphatic carbocycles. The number of rotatable bonds is 5. The molecule has 4 aromatic heterocycles. The van der Waals surface area contributed by atoms with Crippen LogP contribution in [0.4, 0.5) is 17.5 Å². The lowest BCUT2D eigenvalue weighted by atomic mass is 10.1. The van der Waals surface area contributed by atoms with Crippen molar-refractivity contribution in [2.75, 3.05) is 23.3 Å². The van der Waals surface area contributed by atoms with E-state index in [1.807, 2.05) is 19.3 Å². The molecule has 0 bridgehead atoms. The van der Waals surface area contributed by atoms with Gasteiger partial charge in [0.1, 0.15) is 5.82 Å². The molecule has 142 valence electrons. The highest BCUT2D eigenvalue weighted by Crippen LogP contribution is 2.22. The smallest absolute Gasteiger partial charge is 0.229 e. The zero-order chi connectivity index (χ0) is 18.9. The lowest BCUT2D eigenvalue weighted by Gasteiger charge is -2.17. The van der Waals surface area contributed by atoms with Crippen LogP contribution < -0.4 is 10.2 Å². The maximum absolute atomic E-state index is 4.86. The minimum atomic E-state index is 0.510. The number of nitrogens with one attached hydrogen (secondary N) is 2. The van der Waals surface area contributed by atoms with Gasteiger partial charge in [-0.1, -0.05) is 6.07 Å². The van der Waals surface area contributed by atoms with Gasteiger partial charge in [-0.25, -0.2) is 9.97 Å². The molecule has 1 fully saturated rings. The quantitative estimate of drug-likeness (QED) is 0.552. The summed E-state index contributed by atoms with van der Waals surface area (Å²) in [6, 6.07) is 6.19. The van der Waals surface area contributed by atoms with Crippen LogP contribution in [0.25, 0.3) is 11.0 Å². The number of pyridine rings is 1. The summed E-state index contributed by atoms with van der Waals surface area (Å²) in [4.78, 5) is 16.4. The lowest BCUT2D eigenvalue weighted by molar-refractivity contribution is 0.768. The monoisotopic (exact) mass is 375 g/mol. The molecule has 0 aromatic carbocycles. The van der Waals surface area contributed by atoms with Crippen LogP contribution in [0.1, 0.15) is 24.2 Å². The Hall–Kier alpha value is -3.49. The number of nitrogens with zero attached hydrogens (tertiary/aromatic N) is 7. The molecular weight excluding hydrogens is 354 g/mol. The van der Waals surface area contributed by atoms with Crippen LogP contribution in [0.5, 0.6) is 0 Å². The van der Waals surface area contributed by atoms with Gasteiger partial charge in [-0.2, -0.15) is 15.2 Å². The van der Waals surface area contributed by atoms with Gasteiger partial charge in [0, 0.05) is 38.4 Å². The predicted octanol–water partition coefficient (Wildman–Crippen LogP) is 2.42. The first-order chi connectivity index (χ1) is 13.7. The molecule has 0 unspecified atom stereocenters. The van der Waals surface area contributed by atoms with Crippen LogP contribution in [-0.2, 0) is 13.5 Å². The van der Waals surface area contributed by atoms with Gasteiger partial charge in [0.2, 0.25) is 5.95 Å². The summed E-state index contributed by atoms with van der Waals surface area (Å²) >= 11 is 0. The molecule has 5 heterocycles. The fourth-order valence-corrected chi connectivity index (χ4v) is 3.56. The van der Waals surface area contributed by atoms with Gasteiger partial charge in [-0.3, -0.25) is 9.78 Å². The van der Waals surface area contributed by atoms with Gasteiger partial charge in [-0.05, 0) is 25.0 Å². The summed E-state index contributed by atoms with van der Waals surface area (Å²) in [7, 11) is 1.87. The van der Waals surface area contributed by atoms with Gasteiger partial charge in [0.05, 0.1) is 29.2 Å². The van der Waals surface area contributed by atoms with Crippen LogP contribution in [0.15, 0.2) is 36.8 Å². The van der Waals surface area contributed by atoms with E-state index in [1.165, 1.54) is 12.8 Å². The Morgan fingerprint density at radius 3 is 2.82 bits per heavy atom. The molecule has 9 heteroatoms. The number of aryl methyl sites for hydroxylation is 1. The molecule has 0 spiro atoms. The van der Waals surface area contributed by atoms with E-state index < -0.39 is 0 Å². The summed E-state index contributed by atoms with van der Waals surface area (Å²) in [5.41, 5.74) is 3.41. The van der Waals surface area contributed by atoms with Crippen molar-refractivity contribution in [1.82, 2.24) is 34.9 Å². The van der Waals surface area contributed by atoms with E-state index in [2.05, 4.69) is 42.6 Å². The van der Waals surface area contributed by atoms with Gasteiger partial charge < -0.3 is 10.2 Å². The average molecular weight is 375 g/mol. The summed E-state index contributed by atoms with van der Waals surface area (Å²) in [6.07, 6.45) is 8.46. The molecule has 5 rings (SSSR count). The number of hydrogen-bond donors (Lipinski definition) is 2. The maximum atomic E-state index is 4.86. The third-order valence-corrected chi connectivity index (χ3v) is 4.92. The van der Waals surface area contributed by atoms with E-state index in [9.17, 15) is 0 Å². The topological polar surface area (TPSA) is 100 Å². The van der Waals surface area contributed by atoms with E-state index >= 15 is 0 Å². The van der Waals surface area contributed by atoms with E-state index in [1.54, 1.807) is 17.1 Å². The Morgan fingerprint density at radius 1 is 1.11 bits per heavy atom. The number of H-pyrrole nitrogens is 1. The predicted molar refractivity (Wildman–Crippen MR) is 107 cm³/mol. The second-order valence-electron chi connectivity index (χ2n) is 7.01. The summed E-state index contributed by atoms with van der Waals surface area (Å²) < 4.78 is 1.73. The molecular formula is C19H21N9. The van der Waals surface area contributed by atoms with Crippen molar-refractivity contribution in [1.29, 1.82) is 0 Å². The number of aromatic nitrogens is 7. The summed E-state index contributed by atoms with van der Waals surface area (Å²) in [5.74, 6) is 1.55. The lowest BCUT2D eigenvalue weighted by Crippen LogP contribution is -2.19. The highest BCUT2D eigenvalue weighted by molar-refractivity contribution is 5.78. The first kappa shape index (κ1) is 16.7. The Bertz CT molecular complexity index is 1110. The Morgan fingerprint density at radius 2 is 2.00 bits per heavy atom. The van der Waals surface area contributed by atoms with Crippen LogP contribution in [0, 0.1) is 0 Å². The molecule has 0 amide bonds. The highest BCUT2D eigenvalue weighted by atomic mass is 15.3. The molecule has 1 aliphatic rings.